The molecule has 5 heteroatoms. The van der Waals surface area contributed by atoms with E-state index in [0.29, 0.717) is 12.3 Å². The van der Waals surface area contributed by atoms with Crippen molar-refractivity contribution in [1.82, 2.24) is 4.90 Å². The van der Waals surface area contributed by atoms with Gasteiger partial charge in [0.25, 0.3) is 0 Å². The fourth-order valence-electron chi connectivity index (χ4n) is 2.71. The predicted molar refractivity (Wildman–Crippen MR) is 96.2 cm³/mol. The maximum absolute atomic E-state index is 11.6. The van der Waals surface area contributed by atoms with Gasteiger partial charge in [-0.2, -0.15) is 0 Å². The summed E-state index contributed by atoms with van der Waals surface area (Å²) in [7, 11) is 0. The molecule has 1 amide bonds. The van der Waals surface area contributed by atoms with E-state index in [4.69, 9.17) is 4.74 Å². The number of aliphatic hydroxyl groups is 1. The summed E-state index contributed by atoms with van der Waals surface area (Å²) in [5, 5.41) is 13.0. The van der Waals surface area contributed by atoms with Crippen molar-refractivity contribution in [3.63, 3.8) is 0 Å². The number of nitrogens with zero attached hydrogens (tertiary/aromatic N) is 1. The van der Waals surface area contributed by atoms with Crippen molar-refractivity contribution in [1.29, 1.82) is 0 Å². The van der Waals surface area contributed by atoms with Crippen molar-refractivity contribution < 1.29 is 14.6 Å². The van der Waals surface area contributed by atoms with Crippen molar-refractivity contribution >= 4 is 11.6 Å². The molecule has 1 unspecified atom stereocenters. The van der Waals surface area contributed by atoms with Gasteiger partial charge in [0.2, 0.25) is 5.91 Å². The van der Waals surface area contributed by atoms with Crippen molar-refractivity contribution in [3.8, 4) is 5.75 Å². The monoisotopic (exact) mass is 334 g/mol. The van der Waals surface area contributed by atoms with Crippen LogP contribution in [0, 0.1) is 11.8 Å². The van der Waals surface area contributed by atoms with Gasteiger partial charge in [-0.05, 0) is 56.1 Å². The maximum Gasteiger partial charge on any atom is 0.226 e. The van der Waals surface area contributed by atoms with Crippen molar-refractivity contribution in [2.24, 2.45) is 11.8 Å². The van der Waals surface area contributed by atoms with Gasteiger partial charge in [-0.25, -0.2) is 0 Å². The van der Waals surface area contributed by atoms with Gasteiger partial charge < -0.3 is 20.1 Å². The lowest BCUT2D eigenvalue weighted by Crippen LogP contribution is -2.40. The molecule has 2 rings (SSSR count). The third-order valence-corrected chi connectivity index (χ3v) is 4.43. The largest absolute Gasteiger partial charge is 0.491 e. The number of amides is 1. The number of ether oxygens (including phenoxy) is 1. The molecule has 1 aromatic carbocycles. The fourth-order valence-corrected chi connectivity index (χ4v) is 2.71. The Bertz CT molecular complexity index is 508. The first-order chi connectivity index (χ1) is 11.4. The molecule has 2 N–H and O–H groups in total. The maximum atomic E-state index is 11.6. The highest BCUT2D eigenvalue weighted by atomic mass is 16.5. The Morgan fingerprint density at radius 3 is 2.50 bits per heavy atom. The summed E-state index contributed by atoms with van der Waals surface area (Å²) in [5.74, 6) is 1.44. The summed E-state index contributed by atoms with van der Waals surface area (Å²) < 4.78 is 5.65. The van der Waals surface area contributed by atoms with E-state index in [1.165, 1.54) is 12.8 Å². The minimum Gasteiger partial charge on any atom is -0.491 e. The zero-order valence-corrected chi connectivity index (χ0v) is 15.0. The molecule has 24 heavy (non-hydrogen) atoms. The summed E-state index contributed by atoms with van der Waals surface area (Å²) >= 11 is 0. The molecule has 0 aromatic heterocycles. The van der Waals surface area contributed by atoms with Crippen molar-refractivity contribution in [3.05, 3.63) is 24.3 Å². The molecule has 1 saturated heterocycles. The number of aliphatic hydroxyl groups excluding tert-OH is 1. The molecule has 134 valence electrons. The van der Waals surface area contributed by atoms with Gasteiger partial charge in [0.1, 0.15) is 18.5 Å². The zero-order valence-electron chi connectivity index (χ0n) is 15.0. The summed E-state index contributed by atoms with van der Waals surface area (Å²) in [4.78, 5) is 13.9. The van der Waals surface area contributed by atoms with E-state index >= 15 is 0 Å². The van der Waals surface area contributed by atoms with Crippen LogP contribution in [-0.4, -0.2) is 48.3 Å². The molecule has 0 bridgehead atoms. The van der Waals surface area contributed by atoms with Gasteiger partial charge in [-0.1, -0.05) is 20.8 Å². The number of anilines is 1. The van der Waals surface area contributed by atoms with Crippen LogP contribution in [0.15, 0.2) is 24.3 Å². The molecule has 5 nitrogen and oxygen atoms in total. The number of hydrogen-bond acceptors (Lipinski definition) is 4. The topological polar surface area (TPSA) is 61.8 Å². The van der Waals surface area contributed by atoms with Gasteiger partial charge >= 0.3 is 0 Å². The Kier molecular flexibility index (Phi) is 7.06. The quantitative estimate of drug-likeness (QED) is 0.805. The average molecular weight is 334 g/mol. The summed E-state index contributed by atoms with van der Waals surface area (Å²) in [6, 6.07) is 7.25. The average Bonchev–Trinajstić information content (AvgIpc) is 2.56. The van der Waals surface area contributed by atoms with Gasteiger partial charge in [-0.3, -0.25) is 4.79 Å². The highest BCUT2D eigenvalue weighted by Crippen LogP contribution is 2.18. The lowest BCUT2D eigenvalue weighted by Gasteiger charge is -2.31. The lowest BCUT2D eigenvalue weighted by atomic mass is 9.99. The van der Waals surface area contributed by atoms with Crippen LogP contribution in [0.1, 0.15) is 33.6 Å². The highest BCUT2D eigenvalue weighted by Gasteiger charge is 2.18. The number of carbonyl (C=O) groups is 1. The van der Waals surface area contributed by atoms with E-state index < -0.39 is 6.10 Å². The molecule has 0 saturated carbocycles. The van der Waals surface area contributed by atoms with Gasteiger partial charge in [0.15, 0.2) is 0 Å². The summed E-state index contributed by atoms with van der Waals surface area (Å²) in [6.07, 6.45) is 1.92. The molecule has 1 aliphatic heterocycles. The van der Waals surface area contributed by atoms with E-state index in [9.17, 15) is 9.90 Å². The number of piperidine rings is 1. The number of rotatable bonds is 7. The standard InChI is InChI=1S/C19H30N2O3/c1-14(2)19(23)20-16-4-6-18(7-5-16)24-13-17(22)12-21-10-8-15(3)9-11-21/h4-7,14-15,17,22H,8-13H2,1-3H3,(H,20,23). The Hall–Kier alpha value is -1.59. The van der Waals surface area contributed by atoms with E-state index in [1.54, 1.807) is 0 Å². The third-order valence-electron chi connectivity index (χ3n) is 4.43. The first kappa shape index (κ1) is 18.7. The molecule has 1 aromatic rings. The van der Waals surface area contributed by atoms with E-state index in [0.717, 1.165) is 24.7 Å². The number of likely N-dealkylation sites (tertiary alicyclic amines) is 1. The normalized spacial score (nSPS) is 17.7. The molecule has 0 radical (unpaired) electrons. The smallest absolute Gasteiger partial charge is 0.226 e. The van der Waals surface area contributed by atoms with Crippen LogP contribution in [0.2, 0.25) is 0 Å². The van der Waals surface area contributed by atoms with Crippen LogP contribution in [0.25, 0.3) is 0 Å². The predicted octanol–water partition coefficient (Wildman–Crippen LogP) is 2.75. The summed E-state index contributed by atoms with van der Waals surface area (Å²) in [6.45, 7) is 9.06. The number of nitrogens with one attached hydrogen (secondary N) is 1. The van der Waals surface area contributed by atoms with Gasteiger partial charge in [-0.15, -0.1) is 0 Å². The highest BCUT2D eigenvalue weighted by molar-refractivity contribution is 5.92. The minimum absolute atomic E-state index is 0.00468. The number of carbonyl (C=O) groups excluding carboxylic acids is 1. The Morgan fingerprint density at radius 1 is 1.29 bits per heavy atom. The molecular weight excluding hydrogens is 304 g/mol. The Balaban J connectivity index is 1.72. The number of β-amino-alcohol motifs (C(OH)–C–C–N with tert-alkyl or cyclic N) is 1. The molecule has 0 spiro atoms. The van der Waals surface area contributed by atoms with Gasteiger partial charge in [0, 0.05) is 18.2 Å². The molecule has 1 heterocycles. The molecule has 0 aliphatic carbocycles. The number of benzene rings is 1. The minimum atomic E-state index is -0.487. The van der Waals surface area contributed by atoms with Crippen LogP contribution in [0.5, 0.6) is 5.75 Å². The molecular formula is C19H30N2O3. The van der Waals surface area contributed by atoms with Crippen LogP contribution in [-0.2, 0) is 4.79 Å². The Labute approximate surface area is 145 Å². The van der Waals surface area contributed by atoms with Crippen LogP contribution >= 0.6 is 0 Å². The molecule has 1 atom stereocenters. The van der Waals surface area contributed by atoms with Crippen molar-refractivity contribution in [2.75, 3.05) is 31.6 Å². The van der Waals surface area contributed by atoms with E-state index in [2.05, 4.69) is 17.1 Å². The SMILES string of the molecule is CC1CCN(CC(O)COc2ccc(NC(=O)C(C)C)cc2)CC1. The van der Waals surface area contributed by atoms with Gasteiger partial charge in [0.05, 0.1) is 0 Å². The first-order valence-corrected chi connectivity index (χ1v) is 8.88. The second-order valence-electron chi connectivity index (χ2n) is 7.12. The second-order valence-corrected chi connectivity index (χ2v) is 7.12. The Morgan fingerprint density at radius 2 is 1.92 bits per heavy atom. The first-order valence-electron chi connectivity index (χ1n) is 8.88. The zero-order chi connectivity index (χ0) is 17.5. The number of hydrogen-bond donors (Lipinski definition) is 2. The summed E-state index contributed by atoms with van der Waals surface area (Å²) in [5.41, 5.74) is 0.754. The second kappa shape index (κ2) is 9.04. The van der Waals surface area contributed by atoms with E-state index in [-0.39, 0.29) is 18.4 Å². The lowest BCUT2D eigenvalue weighted by molar-refractivity contribution is -0.118. The molecule has 1 aliphatic rings. The molecule has 1 fully saturated rings. The fraction of sp³-hybridized carbons (Fsp3) is 0.632. The third kappa shape index (κ3) is 6.13. The van der Waals surface area contributed by atoms with Crippen molar-refractivity contribution in [2.45, 2.75) is 39.7 Å². The van der Waals surface area contributed by atoms with Crippen LogP contribution in [0.3, 0.4) is 0 Å². The van der Waals surface area contributed by atoms with Crippen LogP contribution < -0.4 is 10.1 Å². The van der Waals surface area contributed by atoms with E-state index in [1.807, 2.05) is 38.1 Å². The van der Waals surface area contributed by atoms with Crippen LogP contribution in [0.4, 0.5) is 5.69 Å².